The third kappa shape index (κ3) is 5.11. The molecule has 0 unspecified atom stereocenters. The smallest absolute Gasteiger partial charge is 0.335 e. The van der Waals surface area contributed by atoms with E-state index in [1.54, 1.807) is 12.1 Å². The number of aromatic carboxylic acids is 1. The summed E-state index contributed by atoms with van der Waals surface area (Å²) in [5.74, 6) is 0.529. The van der Waals surface area contributed by atoms with Gasteiger partial charge in [0.15, 0.2) is 0 Å². The fourth-order valence-electron chi connectivity index (χ4n) is 1.69. The Bertz CT molecular complexity index is 595. The van der Waals surface area contributed by atoms with E-state index >= 15 is 0 Å². The van der Waals surface area contributed by atoms with Crippen LogP contribution in [0.4, 0.5) is 0 Å². The van der Waals surface area contributed by atoms with Gasteiger partial charge in [-0.1, -0.05) is 22.0 Å². The van der Waals surface area contributed by atoms with Gasteiger partial charge in [0.25, 0.3) is 0 Å². The fraction of sp³-hybridized carbons (Fsp3) is 0.188. The molecule has 0 aromatic heterocycles. The maximum atomic E-state index is 10.7. The summed E-state index contributed by atoms with van der Waals surface area (Å²) in [5, 5.41) is 8.79. The first-order valence-electron chi connectivity index (χ1n) is 6.50. The molecule has 0 radical (unpaired) electrons. The van der Waals surface area contributed by atoms with Crippen molar-refractivity contribution in [2.75, 3.05) is 13.2 Å². The van der Waals surface area contributed by atoms with Gasteiger partial charge < -0.3 is 14.6 Å². The molecule has 0 aliphatic carbocycles. The maximum Gasteiger partial charge on any atom is 0.335 e. The van der Waals surface area contributed by atoms with Crippen LogP contribution in [0.3, 0.4) is 0 Å². The normalized spacial score (nSPS) is 10.1. The maximum absolute atomic E-state index is 10.7. The zero-order chi connectivity index (χ0) is 15.1. The van der Waals surface area contributed by atoms with E-state index in [1.807, 2.05) is 24.3 Å². The molecular formula is C16H15BrO4. The highest BCUT2D eigenvalue weighted by atomic mass is 79.9. The number of carbonyl (C=O) groups is 1. The number of benzene rings is 2. The highest BCUT2D eigenvalue weighted by Gasteiger charge is 2.02. The van der Waals surface area contributed by atoms with E-state index < -0.39 is 5.97 Å². The number of hydrogen-bond acceptors (Lipinski definition) is 3. The molecule has 0 saturated carbocycles. The van der Waals surface area contributed by atoms with Gasteiger partial charge in [0.2, 0.25) is 0 Å². The van der Waals surface area contributed by atoms with Crippen LogP contribution in [0.5, 0.6) is 11.5 Å². The summed E-state index contributed by atoms with van der Waals surface area (Å²) < 4.78 is 12.1. The van der Waals surface area contributed by atoms with Crippen molar-refractivity contribution in [3.8, 4) is 11.5 Å². The van der Waals surface area contributed by atoms with Gasteiger partial charge in [0, 0.05) is 10.9 Å². The Morgan fingerprint density at radius 3 is 2.29 bits per heavy atom. The van der Waals surface area contributed by atoms with Crippen molar-refractivity contribution in [1.82, 2.24) is 0 Å². The Hall–Kier alpha value is -2.01. The molecular weight excluding hydrogens is 336 g/mol. The lowest BCUT2D eigenvalue weighted by Gasteiger charge is -2.08. The zero-order valence-electron chi connectivity index (χ0n) is 11.3. The molecule has 0 heterocycles. The lowest BCUT2D eigenvalue weighted by molar-refractivity contribution is 0.0697. The third-order valence-corrected chi connectivity index (χ3v) is 3.22. The van der Waals surface area contributed by atoms with Crippen LogP contribution in [-0.2, 0) is 0 Å². The summed E-state index contributed by atoms with van der Waals surface area (Å²) in [6.07, 6.45) is 0.743. The minimum atomic E-state index is -0.941. The van der Waals surface area contributed by atoms with Crippen LogP contribution in [0.25, 0.3) is 0 Å². The van der Waals surface area contributed by atoms with Gasteiger partial charge in [-0.25, -0.2) is 4.79 Å². The second-order valence-corrected chi connectivity index (χ2v) is 5.25. The zero-order valence-corrected chi connectivity index (χ0v) is 12.9. The molecule has 2 aromatic carbocycles. The molecule has 2 rings (SSSR count). The molecule has 0 saturated heterocycles. The molecule has 0 bridgehead atoms. The summed E-state index contributed by atoms with van der Waals surface area (Å²) in [7, 11) is 0. The second-order valence-electron chi connectivity index (χ2n) is 4.34. The average Bonchev–Trinajstić information content (AvgIpc) is 2.47. The van der Waals surface area contributed by atoms with Crippen LogP contribution in [0.2, 0.25) is 0 Å². The topological polar surface area (TPSA) is 55.8 Å². The number of carboxylic acids is 1. The highest BCUT2D eigenvalue weighted by molar-refractivity contribution is 9.10. The van der Waals surface area contributed by atoms with Crippen molar-refractivity contribution < 1.29 is 19.4 Å². The molecule has 0 aliphatic heterocycles. The molecule has 1 N–H and O–H groups in total. The minimum absolute atomic E-state index is 0.250. The van der Waals surface area contributed by atoms with E-state index in [4.69, 9.17) is 14.6 Å². The highest BCUT2D eigenvalue weighted by Crippen LogP contribution is 2.18. The van der Waals surface area contributed by atoms with Gasteiger partial charge in [-0.15, -0.1) is 0 Å². The number of halogens is 1. The van der Waals surface area contributed by atoms with Crippen LogP contribution < -0.4 is 9.47 Å². The monoisotopic (exact) mass is 350 g/mol. The van der Waals surface area contributed by atoms with Crippen LogP contribution >= 0.6 is 15.9 Å². The summed E-state index contributed by atoms with van der Waals surface area (Å²) >= 11 is 3.38. The van der Waals surface area contributed by atoms with Gasteiger partial charge >= 0.3 is 5.97 Å². The first-order valence-corrected chi connectivity index (χ1v) is 7.29. The average molecular weight is 351 g/mol. The molecule has 0 aliphatic rings. The summed E-state index contributed by atoms with van der Waals surface area (Å²) in [6, 6.07) is 14.0. The Kier molecular flexibility index (Phi) is 5.63. The van der Waals surface area contributed by atoms with Crippen molar-refractivity contribution in [2.45, 2.75) is 6.42 Å². The quantitative estimate of drug-likeness (QED) is 0.767. The van der Waals surface area contributed by atoms with E-state index in [2.05, 4.69) is 15.9 Å². The Labute approximate surface area is 131 Å². The van der Waals surface area contributed by atoms with E-state index in [9.17, 15) is 4.79 Å². The first-order chi connectivity index (χ1) is 10.1. The van der Waals surface area contributed by atoms with Gasteiger partial charge in [-0.3, -0.25) is 0 Å². The van der Waals surface area contributed by atoms with Gasteiger partial charge in [0.1, 0.15) is 11.5 Å². The van der Waals surface area contributed by atoms with Gasteiger partial charge in [-0.2, -0.15) is 0 Å². The van der Waals surface area contributed by atoms with Crippen molar-refractivity contribution in [3.63, 3.8) is 0 Å². The fourth-order valence-corrected chi connectivity index (χ4v) is 2.07. The lowest BCUT2D eigenvalue weighted by atomic mass is 10.2. The largest absolute Gasteiger partial charge is 0.493 e. The molecule has 0 fully saturated rings. The predicted octanol–water partition coefficient (Wildman–Crippen LogP) is 4.00. The number of hydrogen-bond donors (Lipinski definition) is 1. The SMILES string of the molecule is O=C(O)c1ccc(OCCCOc2cccc(Br)c2)cc1. The number of carboxylic acid groups (broad SMARTS) is 1. The third-order valence-electron chi connectivity index (χ3n) is 2.72. The summed E-state index contributed by atoms with van der Waals surface area (Å²) in [6.45, 7) is 1.07. The summed E-state index contributed by atoms with van der Waals surface area (Å²) in [5.41, 5.74) is 0.250. The number of ether oxygens (including phenoxy) is 2. The Morgan fingerprint density at radius 1 is 1.00 bits per heavy atom. The summed E-state index contributed by atoms with van der Waals surface area (Å²) in [4.78, 5) is 10.7. The molecule has 4 nitrogen and oxygen atoms in total. The molecule has 0 spiro atoms. The molecule has 21 heavy (non-hydrogen) atoms. The molecule has 0 atom stereocenters. The molecule has 110 valence electrons. The van der Waals surface area contributed by atoms with Crippen LogP contribution in [0, 0.1) is 0 Å². The van der Waals surface area contributed by atoms with Crippen LogP contribution in [0.1, 0.15) is 16.8 Å². The van der Waals surface area contributed by atoms with Gasteiger partial charge in [-0.05, 0) is 42.5 Å². The van der Waals surface area contributed by atoms with Crippen molar-refractivity contribution in [2.24, 2.45) is 0 Å². The Morgan fingerprint density at radius 2 is 1.67 bits per heavy atom. The number of rotatable bonds is 7. The lowest BCUT2D eigenvalue weighted by Crippen LogP contribution is -2.05. The predicted molar refractivity (Wildman–Crippen MR) is 83.2 cm³/mol. The van der Waals surface area contributed by atoms with Crippen molar-refractivity contribution >= 4 is 21.9 Å². The van der Waals surface area contributed by atoms with E-state index in [-0.39, 0.29) is 5.56 Å². The first kappa shape index (κ1) is 15.4. The van der Waals surface area contributed by atoms with Crippen LogP contribution in [-0.4, -0.2) is 24.3 Å². The van der Waals surface area contributed by atoms with E-state index in [1.165, 1.54) is 12.1 Å². The van der Waals surface area contributed by atoms with Gasteiger partial charge in [0.05, 0.1) is 18.8 Å². The van der Waals surface area contributed by atoms with Crippen molar-refractivity contribution in [1.29, 1.82) is 0 Å². The Balaban J connectivity index is 1.69. The standard InChI is InChI=1S/C16H15BrO4/c17-13-3-1-4-15(11-13)21-10-2-9-20-14-7-5-12(6-8-14)16(18)19/h1,3-8,11H,2,9-10H2,(H,18,19). The molecule has 2 aromatic rings. The molecule has 0 amide bonds. The van der Waals surface area contributed by atoms with E-state index in [0.717, 1.165) is 16.6 Å². The molecule has 5 heteroatoms. The van der Waals surface area contributed by atoms with Crippen molar-refractivity contribution in [3.05, 3.63) is 58.6 Å². The minimum Gasteiger partial charge on any atom is -0.493 e. The van der Waals surface area contributed by atoms with E-state index in [0.29, 0.717) is 19.0 Å². The van der Waals surface area contributed by atoms with Crippen LogP contribution in [0.15, 0.2) is 53.0 Å². The second kappa shape index (κ2) is 7.69.